The van der Waals surface area contributed by atoms with Crippen LogP contribution in [0, 0.1) is 11.8 Å². The average molecular weight is 611 g/mol. The Bertz CT molecular complexity index is 1490. The van der Waals surface area contributed by atoms with Crippen molar-refractivity contribution in [2.45, 2.75) is 26.1 Å². The number of nitrogens with one attached hydrogen (secondary N) is 1. The zero-order chi connectivity index (χ0) is 31.1. The zero-order valence-corrected chi connectivity index (χ0v) is 24.9. The number of aromatic hydroxyl groups is 2. The van der Waals surface area contributed by atoms with E-state index in [1.54, 1.807) is 56.7 Å². The molecule has 12 heteroatoms. The molecule has 0 spiro atoms. The summed E-state index contributed by atoms with van der Waals surface area (Å²) < 4.78 is 17.8. The summed E-state index contributed by atoms with van der Waals surface area (Å²) in [5.74, 6) is -1.53. The van der Waals surface area contributed by atoms with Gasteiger partial charge in [-0.3, -0.25) is 19.2 Å². The summed E-state index contributed by atoms with van der Waals surface area (Å²) in [5, 5.41) is 25.7. The van der Waals surface area contributed by atoms with E-state index >= 15 is 0 Å². The quantitative estimate of drug-likeness (QED) is 0.259. The SMILES string of the molecule is CCNC(=O)C1CC(c2ccc(OCc3ccsc3C(=O)N(C)C)c(C=O)c2O)OCC1COc1cccc(O)c1C=O. The van der Waals surface area contributed by atoms with Crippen LogP contribution in [0.2, 0.25) is 0 Å². The van der Waals surface area contributed by atoms with Crippen LogP contribution in [0.15, 0.2) is 41.8 Å². The second-order valence-electron chi connectivity index (χ2n) is 10.2. The number of phenols is 2. The molecule has 1 fully saturated rings. The lowest BCUT2D eigenvalue weighted by Crippen LogP contribution is -2.43. The van der Waals surface area contributed by atoms with Crippen LogP contribution in [-0.4, -0.2) is 73.4 Å². The predicted octanol–water partition coefficient (Wildman–Crippen LogP) is 3.97. The molecule has 0 bridgehead atoms. The summed E-state index contributed by atoms with van der Waals surface area (Å²) in [6, 6.07) is 9.41. The number of benzene rings is 2. The third-order valence-electron chi connectivity index (χ3n) is 7.25. The minimum atomic E-state index is -0.705. The molecule has 1 aliphatic heterocycles. The van der Waals surface area contributed by atoms with Crippen LogP contribution >= 0.6 is 11.3 Å². The summed E-state index contributed by atoms with van der Waals surface area (Å²) >= 11 is 1.29. The summed E-state index contributed by atoms with van der Waals surface area (Å²) in [6.07, 6.45) is 0.484. The van der Waals surface area contributed by atoms with Gasteiger partial charge < -0.3 is 34.6 Å². The van der Waals surface area contributed by atoms with Crippen LogP contribution in [-0.2, 0) is 16.1 Å². The van der Waals surface area contributed by atoms with Gasteiger partial charge in [-0.25, -0.2) is 0 Å². The summed E-state index contributed by atoms with van der Waals surface area (Å²) in [6.45, 7) is 2.37. The first-order valence-corrected chi connectivity index (χ1v) is 14.6. The molecular weight excluding hydrogens is 576 g/mol. The Labute approximate surface area is 253 Å². The minimum Gasteiger partial charge on any atom is -0.507 e. The highest BCUT2D eigenvalue weighted by Crippen LogP contribution is 2.42. The lowest BCUT2D eigenvalue weighted by atomic mass is 9.83. The van der Waals surface area contributed by atoms with Gasteiger partial charge in [-0.05, 0) is 49.1 Å². The number of carbonyl (C=O) groups excluding carboxylic acids is 4. The van der Waals surface area contributed by atoms with Gasteiger partial charge in [0.25, 0.3) is 5.91 Å². The van der Waals surface area contributed by atoms with E-state index < -0.39 is 17.9 Å². The third kappa shape index (κ3) is 6.98. The van der Waals surface area contributed by atoms with E-state index in [1.807, 2.05) is 0 Å². The molecule has 11 nitrogen and oxygen atoms in total. The molecule has 43 heavy (non-hydrogen) atoms. The fraction of sp³-hybridized carbons (Fsp3) is 0.355. The Hall–Kier alpha value is -4.42. The molecule has 3 aromatic rings. The van der Waals surface area contributed by atoms with E-state index in [1.165, 1.54) is 22.3 Å². The Morgan fingerprint density at radius 1 is 1.07 bits per heavy atom. The monoisotopic (exact) mass is 610 g/mol. The van der Waals surface area contributed by atoms with Gasteiger partial charge in [0.15, 0.2) is 12.6 Å². The van der Waals surface area contributed by atoms with Crippen LogP contribution < -0.4 is 14.8 Å². The molecule has 3 unspecified atom stereocenters. The van der Waals surface area contributed by atoms with Gasteiger partial charge >= 0.3 is 0 Å². The number of hydrogen-bond donors (Lipinski definition) is 3. The fourth-order valence-corrected chi connectivity index (χ4v) is 5.86. The smallest absolute Gasteiger partial charge is 0.263 e. The van der Waals surface area contributed by atoms with Crippen molar-refractivity contribution in [1.82, 2.24) is 10.2 Å². The van der Waals surface area contributed by atoms with Gasteiger partial charge in [0.1, 0.15) is 29.6 Å². The normalized spacial score (nSPS) is 18.0. The molecule has 3 atom stereocenters. The third-order valence-corrected chi connectivity index (χ3v) is 8.20. The van der Waals surface area contributed by atoms with Crippen LogP contribution in [0.5, 0.6) is 23.0 Å². The van der Waals surface area contributed by atoms with Crippen molar-refractivity contribution in [3.05, 3.63) is 68.9 Å². The van der Waals surface area contributed by atoms with Crippen molar-refractivity contribution in [3.8, 4) is 23.0 Å². The van der Waals surface area contributed by atoms with E-state index in [0.717, 1.165) is 0 Å². The first kappa shape index (κ1) is 31.5. The predicted molar refractivity (Wildman–Crippen MR) is 158 cm³/mol. The number of hydrogen-bond acceptors (Lipinski definition) is 10. The Kier molecular flexibility index (Phi) is 10.4. The highest BCUT2D eigenvalue weighted by Gasteiger charge is 2.38. The van der Waals surface area contributed by atoms with Crippen LogP contribution in [0.25, 0.3) is 0 Å². The molecule has 1 aliphatic rings. The summed E-state index contributed by atoms with van der Waals surface area (Å²) in [7, 11) is 3.32. The molecule has 228 valence electrons. The van der Waals surface area contributed by atoms with Gasteiger partial charge in [-0.15, -0.1) is 11.3 Å². The van der Waals surface area contributed by atoms with E-state index in [-0.39, 0.29) is 72.2 Å². The summed E-state index contributed by atoms with van der Waals surface area (Å²) in [5.41, 5.74) is 0.934. The molecule has 2 heterocycles. The number of phenolic OH excluding ortho intramolecular Hbond substituents is 2. The Morgan fingerprint density at radius 3 is 2.51 bits per heavy atom. The largest absolute Gasteiger partial charge is 0.507 e. The van der Waals surface area contributed by atoms with Crippen molar-refractivity contribution >= 4 is 35.7 Å². The van der Waals surface area contributed by atoms with Crippen molar-refractivity contribution in [2.24, 2.45) is 11.8 Å². The van der Waals surface area contributed by atoms with Gasteiger partial charge in [0, 0.05) is 43.6 Å². The highest BCUT2D eigenvalue weighted by atomic mass is 32.1. The molecule has 2 aromatic carbocycles. The Balaban J connectivity index is 1.51. The van der Waals surface area contributed by atoms with Crippen LogP contribution in [0.4, 0.5) is 0 Å². The minimum absolute atomic E-state index is 0.0137. The molecule has 0 saturated carbocycles. The first-order chi connectivity index (χ1) is 20.7. The van der Waals surface area contributed by atoms with E-state index in [0.29, 0.717) is 35.1 Å². The molecule has 0 aliphatic carbocycles. The maximum Gasteiger partial charge on any atom is 0.263 e. The summed E-state index contributed by atoms with van der Waals surface area (Å²) in [4.78, 5) is 51.0. The van der Waals surface area contributed by atoms with E-state index in [4.69, 9.17) is 14.2 Å². The molecule has 0 radical (unpaired) electrons. The lowest BCUT2D eigenvalue weighted by molar-refractivity contribution is -0.136. The standard InChI is InChI=1S/C31H34N2O9S/c1-4-32-30(38)21-12-27(42-17-19(21)16-41-25-7-5-6-24(36)22(25)13-34)20-8-9-26(23(14-35)28(20)37)40-15-18-10-11-43-29(18)31(39)33(2)3/h5-11,13-14,19,21,27,36-37H,4,12,15-17H2,1-3H3,(H,32,38). The topological polar surface area (TPSA) is 152 Å². The maximum absolute atomic E-state index is 13.1. The average Bonchev–Trinajstić information content (AvgIpc) is 3.47. The van der Waals surface area contributed by atoms with E-state index in [2.05, 4.69) is 5.32 Å². The highest BCUT2D eigenvalue weighted by molar-refractivity contribution is 7.12. The van der Waals surface area contributed by atoms with Gasteiger partial charge in [0.2, 0.25) is 5.91 Å². The number of amides is 2. The van der Waals surface area contributed by atoms with Crippen molar-refractivity contribution in [3.63, 3.8) is 0 Å². The number of carbonyl (C=O) groups is 4. The number of thiophene rings is 1. The number of rotatable bonds is 12. The molecule has 4 rings (SSSR count). The Morgan fingerprint density at radius 2 is 1.81 bits per heavy atom. The van der Waals surface area contributed by atoms with Gasteiger partial charge in [-0.2, -0.15) is 0 Å². The number of aldehydes is 2. The second kappa shape index (κ2) is 14.2. The number of nitrogens with zero attached hydrogens (tertiary/aromatic N) is 1. The van der Waals surface area contributed by atoms with Gasteiger partial charge in [-0.1, -0.05) is 6.07 Å². The number of ether oxygens (including phenoxy) is 3. The molecule has 1 aromatic heterocycles. The molecule has 2 amide bonds. The molecular formula is C31H34N2O9S. The first-order valence-electron chi connectivity index (χ1n) is 13.7. The molecule has 3 N–H and O–H groups in total. The van der Waals surface area contributed by atoms with Crippen molar-refractivity contribution in [2.75, 3.05) is 33.9 Å². The second-order valence-corrected chi connectivity index (χ2v) is 11.1. The van der Waals surface area contributed by atoms with E-state index in [9.17, 15) is 29.4 Å². The lowest BCUT2D eigenvalue weighted by Gasteiger charge is -2.36. The van der Waals surface area contributed by atoms with Crippen molar-refractivity contribution < 1.29 is 43.6 Å². The van der Waals surface area contributed by atoms with Crippen LogP contribution in [0.1, 0.15) is 61.0 Å². The zero-order valence-electron chi connectivity index (χ0n) is 24.1. The maximum atomic E-state index is 13.1. The van der Waals surface area contributed by atoms with Gasteiger partial charge in [0.05, 0.1) is 35.3 Å². The van der Waals surface area contributed by atoms with Crippen molar-refractivity contribution in [1.29, 1.82) is 0 Å². The fourth-order valence-electron chi connectivity index (χ4n) is 4.93. The van der Waals surface area contributed by atoms with Crippen LogP contribution in [0.3, 0.4) is 0 Å². The molecule has 1 saturated heterocycles.